The van der Waals surface area contributed by atoms with Crippen LogP contribution in [0.3, 0.4) is 0 Å². The molecule has 0 aliphatic rings. The van der Waals surface area contributed by atoms with Crippen molar-refractivity contribution in [3.05, 3.63) is 101 Å². The molecule has 4 rings (SSSR count). The number of nitrogens with one attached hydrogen (secondary N) is 1. The summed E-state index contributed by atoms with van der Waals surface area (Å²) in [6.45, 7) is 1.50. The van der Waals surface area contributed by atoms with Crippen molar-refractivity contribution in [3.8, 4) is 16.9 Å². The summed E-state index contributed by atoms with van der Waals surface area (Å²) >= 11 is 0. The zero-order valence-corrected chi connectivity index (χ0v) is 18.4. The van der Waals surface area contributed by atoms with E-state index in [1.165, 1.54) is 19.1 Å². The minimum absolute atomic E-state index is 0.0883. The van der Waals surface area contributed by atoms with Crippen LogP contribution in [0.25, 0.3) is 22.1 Å². The van der Waals surface area contributed by atoms with Crippen LogP contribution in [0.1, 0.15) is 12.5 Å². The fourth-order valence-electron chi connectivity index (χ4n) is 3.66. The van der Waals surface area contributed by atoms with Gasteiger partial charge in [-0.1, -0.05) is 60.7 Å². The predicted molar refractivity (Wildman–Crippen MR) is 125 cm³/mol. The van der Waals surface area contributed by atoms with Gasteiger partial charge in [-0.2, -0.15) is 0 Å². The maximum Gasteiger partial charge on any atom is 0.336 e. The zero-order chi connectivity index (χ0) is 24.1. The maximum atomic E-state index is 12.6. The highest BCUT2D eigenvalue weighted by Crippen LogP contribution is 2.29. The SMILES string of the molecule is CC(Oc1ccc2c(-c3ccccc3)cc(=O)oc2c1)C(=O)NC(Cc1ccccc1)C(=O)[O-]. The van der Waals surface area contributed by atoms with E-state index >= 15 is 0 Å². The third-order valence-electron chi connectivity index (χ3n) is 5.37. The number of aliphatic carboxylic acids is 1. The van der Waals surface area contributed by atoms with E-state index in [9.17, 15) is 19.5 Å². The molecule has 7 heteroatoms. The van der Waals surface area contributed by atoms with Crippen LogP contribution < -0.4 is 20.8 Å². The standard InChI is InChI=1S/C27H23NO6/c1-17(26(30)28-23(27(31)32)14-18-8-4-2-5-9-18)33-20-12-13-21-22(19-10-6-3-7-11-19)16-25(29)34-24(21)15-20/h2-13,15-17,23H,14H2,1H3,(H,28,30)(H,31,32)/p-1. The van der Waals surface area contributed by atoms with E-state index in [4.69, 9.17) is 9.15 Å². The van der Waals surface area contributed by atoms with E-state index in [1.54, 1.807) is 36.4 Å². The Balaban J connectivity index is 1.51. The number of carbonyl (C=O) groups is 2. The molecule has 2 unspecified atom stereocenters. The molecule has 0 spiro atoms. The first-order valence-electron chi connectivity index (χ1n) is 10.8. The van der Waals surface area contributed by atoms with Gasteiger partial charge >= 0.3 is 5.63 Å². The Morgan fingerprint density at radius 1 is 0.971 bits per heavy atom. The van der Waals surface area contributed by atoms with Gasteiger partial charge in [0.05, 0.1) is 12.0 Å². The normalized spacial score (nSPS) is 12.6. The van der Waals surface area contributed by atoms with Gasteiger partial charge in [-0.05, 0) is 42.2 Å². The fraction of sp³-hybridized carbons (Fsp3) is 0.148. The van der Waals surface area contributed by atoms with Gasteiger partial charge in [0, 0.05) is 17.5 Å². The number of carboxylic acids is 1. The molecular weight excluding hydrogens is 434 g/mol. The smallest absolute Gasteiger partial charge is 0.336 e. The molecule has 0 saturated heterocycles. The molecule has 34 heavy (non-hydrogen) atoms. The van der Waals surface area contributed by atoms with Gasteiger partial charge < -0.3 is 24.4 Å². The van der Waals surface area contributed by atoms with E-state index in [-0.39, 0.29) is 6.42 Å². The molecule has 1 heterocycles. The van der Waals surface area contributed by atoms with Crippen molar-refractivity contribution in [1.29, 1.82) is 0 Å². The molecule has 3 aromatic carbocycles. The second-order valence-electron chi connectivity index (χ2n) is 7.83. The number of hydrogen-bond donors (Lipinski definition) is 1. The number of ether oxygens (including phenoxy) is 1. The van der Waals surface area contributed by atoms with Crippen LogP contribution in [0.4, 0.5) is 0 Å². The van der Waals surface area contributed by atoms with Gasteiger partial charge in [-0.3, -0.25) is 4.79 Å². The third-order valence-corrected chi connectivity index (χ3v) is 5.37. The van der Waals surface area contributed by atoms with Crippen LogP contribution in [0.2, 0.25) is 0 Å². The van der Waals surface area contributed by atoms with E-state index in [1.807, 2.05) is 36.4 Å². The summed E-state index contributed by atoms with van der Waals surface area (Å²) in [5.41, 5.74) is 2.15. The van der Waals surface area contributed by atoms with Gasteiger partial charge in [-0.25, -0.2) is 4.79 Å². The minimum Gasteiger partial charge on any atom is -0.548 e. The Morgan fingerprint density at radius 2 is 1.65 bits per heavy atom. The largest absolute Gasteiger partial charge is 0.548 e. The van der Waals surface area contributed by atoms with E-state index in [0.717, 1.165) is 22.1 Å². The lowest BCUT2D eigenvalue weighted by molar-refractivity contribution is -0.308. The average molecular weight is 456 g/mol. The monoisotopic (exact) mass is 456 g/mol. The first-order chi connectivity index (χ1) is 16.4. The number of benzene rings is 3. The molecule has 0 aliphatic carbocycles. The van der Waals surface area contributed by atoms with Gasteiger partial charge in [0.2, 0.25) is 0 Å². The molecule has 7 nitrogen and oxygen atoms in total. The van der Waals surface area contributed by atoms with Crippen molar-refractivity contribution in [2.75, 3.05) is 0 Å². The molecule has 172 valence electrons. The molecule has 0 saturated carbocycles. The lowest BCUT2D eigenvalue weighted by atomic mass is 10.0. The highest BCUT2D eigenvalue weighted by molar-refractivity contribution is 5.94. The number of rotatable bonds is 8. The van der Waals surface area contributed by atoms with Crippen LogP contribution in [-0.2, 0) is 16.0 Å². The Morgan fingerprint density at radius 3 is 2.32 bits per heavy atom. The molecule has 0 radical (unpaired) electrons. The van der Waals surface area contributed by atoms with E-state index in [2.05, 4.69) is 5.32 Å². The van der Waals surface area contributed by atoms with E-state index < -0.39 is 29.6 Å². The first kappa shape index (κ1) is 22.8. The Labute approximate surface area is 195 Å². The molecule has 1 aromatic heterocycles. The predicted octanol–water partition coefficient (Wildman–Crippen LogP) is 2.70. The molecule has 1 amide bonds. The van der Waals surface area contributed by atoms with Gasteiger partial charge in [0.15, 0.2) is 6.10 Å². The molecule has 4 aromatic rings. The van der Waals surface area contributed by atoms with Crippen molar-refractivity contribution < 1.29 is 23.8 Å². The average Bonchev–Trinajstić information content (AvgIpc) is 2.84. The minimum atomic E-state index is -1.38. The first-order valence-corrected chi connectivity index (χ1v) is 10.8. The molecule has 0 fully saturated rings. The fourth-order valence-corrected chi connectivity index (χ4v) is 3.66. The summed E-state index contributed by atoms with van der Waals surface area (Å²) in [7, 11) is 0. The highest BCUT2D eigenvalue weighted by Gasteiger charge is 2.21. The second kappa shape index (κ2) is 10.0. The number of carboxylic acid groups (broad SMARTS) is 1. The third kappa shape index (κ3) is 5.32. The molecule has 2 atom stereocenters. The number of amides is 1. The Kier molecular flexibility index (Phi) is 6.73. The summed E-state index contributed by atoms with van der Waals surface area (Å²) in [4.78, 5) is 36.3. The Hall–Kier alpha value is -4.39. The van der Waals surface area contributed by atoms with Crippen molar-refractivity contribution in [3.63, 3.8) is 0 Å². The van der Waals surface area contributed by atoms with Crippen LogP contribution in [0.15, 0.2) is 94.1 Å². The zero-order valence-electron chi connectivity index (χ0n) is 18.4. The van der Waals surface area contributed by atoms with Crippen LogP contribution in [0, 0.1) is 0 Å². The lowest BCUT2D eigenvalue weighted by Crippen LogP contribution is -2.52. The quantitative estimate of drug-likeness (QED) is 0.409. The highest BCUT2D eigenvalue weighted by atomic mass is 16.5. The summed E-state index contributed by atoms with van der Waals surface area (Å²) in [5.74, 6) is -1.69. The van der Waals surface area contributed by atoms with Crippen LogP contribution in [-0.4, -0.2) is 24.0 Å². The van der Waals surface area contributed by atoms with Crippen LogP contribution >= 0.6 is 0 Å². The topological polar surface area (TPSA) is 109 Å². The van der Waals surface area contributed by atoms with Crippen molar-refractivity contribution in [2.45, 2.75) is 25.5 Å². The van der Waals surface area contributed by atoms with Crippen molar-refractivity contribution in [1.82, 2.24) is 5.32 Å². The number of carbonyl (C=O) groups excluding carboxylic acids is 2. The molecular formula is C27H22NO6-. The van der Waals surface area contributed by atoms with Gasteiger partial charge in [0.25, 0.3) is 5.91 Å². The molecule has 0 bridgehead atoms. The summed E-state index contributed by atoms with van der Waals surface area (Å²) in [6.07, 6.45) is -0.913. The van der Waals surface area contributed by atoms with Crippen LogP contribution in [0.5, 0.6) is 5.75 Å². The van der Waals surface area contributed by atoms with Crippen molar-refractivity contribution >= 4 is 22.8 Å². The molecule has 0 aliphatic heterocycles. The number of fused-ring (bicyclic) bond motifs is 1. The van der Waals surface area contributed by atoms with Crippen molar-refractivity contribution in [2.24, 2.45) is 0 Å². The lowest BCUT2D eigenvalue weighted by Gasteiger charge is -2.22. The van der Waals surface area contributed by atoms with E-state index in [0.29, 0.717) is 11.3 Å². The van der Waals surface area contributed by atoms with Gasteiger partial charge in [0.1, 0.15) is 11.3 Å². The summed E-state index contributed by atoms with van der Waals surface area (Å²) in [5, 5.41) is 14.7. The summed E-state index contributed by atoms with van der Waals surface area (Å²) < 4.78 is 11.1. The second-order valence-corrected chi connectivity index (χ2v) is 7.83. The molecule has 1 N–H and O–H groups in total. The summed E-state index contributed by atoms with van der Waals surface area (Å²) in [6, 6.07) is 23.6. The Bertz CT molecular complexity index is 1360. The number of hydrogen-bond acceptors (Lipinski definition) is 6. The maximum absolute atomic E-state index is 12.6. The van der Waals surface area contributed by atoms with Gasteiger partial charge in [-0.15, -0.1) is 0 Å².